The van der Waals surface area contributed by atoms with E-state index in [2.05, 4.69) is 0 Å². The van der Waals surface area contributed by atoms with Crippen LogP contribution in [-0.4, -0.2) is 29.1 Å². The van der Waals surface area contributed by atoms with Gasteiger partial charge in [-0.05, 0) is 21.7 Å². The molecular weight excluding hydrogens is 202 g/mol. The van der Waals surface area contributed by atoms with Crippen molar-refractivity contribution in [3.05, 3.63) is 36.4 Å². The van der Waals surface area contributed by atoms with Gasteiger partial charge in [-0.15, -0.1) is 0 Å². The normalized spacial score (nSPS) is 10.5. The van der Waals surface area contributed by atoms with Crippen LogP contribution in [0, 0.1) is 0 Å². The molecule has 2 aromatic carbocycles. The van der Waals surface area contributed by atoms with E-state index in [-0.39, 0.29) is 0 Å². The Balaban J connectivity index is 2.77. The van der Waals surface area contributed by atoms with Gasteiger partial charge in [-0.3, -0.25) is 0 Å². The summed E-state index contributed by atoms with van der Waals surface area (Å²) in [6.07, 6.45) is 0. The van der Waals surface area contributed by atoms with Crippen molar-refractivity contribution in [1.82, 2.24) is 0 Å². The summed E-state index contributed by atoms with van der Waals surface area (Å²) < 4.78 is 0. The molecule has 0 saturated carbocycles. The van der Waals surface area contributed by atoms with Gasteiger partial charge in [-0.2, -0.15) is 0 Å². The van der Waals surface area contributed by atoms with Crippen molar-refractivity contribution in [3.8, 4) is 0 Å². The second kappa shape index (κ2) is 4.29. The summed E-state index contributed by atoms with van der Waals surface area (Å²) in [5, 5.41) is 29.7. The van der Waals surface area contributed by atoms with Gasteiger partial charge in [-0.25, -0.2) is 0 Å². The predicted molar refractivity (Wildman–Crippen MR) is 67.2 cm³/mol. The van der Waals surface area contributed by atoms with E-state index in [9.17, 15) is 15.1 Å². The molecule has 0 heterocycles. The highest BCUT2D eigenvalue weighted by Gasteiger charge is 2.18. The van der Waals surface area contributed by atoms with Crippen LogP contribution in [0.2, 0.25) is 6.82 Å². The summed E-state index contributed by atoms with van der Waals surface area (Å²) in [5.74, 6) is 0. The van der Waals surface area contributed by atoms with Crippen molar-refractivity contribution >= 4 is 35.7 Å². The minimum Gasteiger partial charge on any atom is -0.446 e. The van der Waals surface area contributed by atoms with Gasteiger partial charge >= 0.3 is 14.0 Å². The van der Waals surface area contributed by atoms with Crippen LogP contribution in [0.5, 0.6) is 0 Å². The standard InChI is InChI=1S/C11H12B2O3/c1-12(14)10-6-7-11(13(15)16)9-5-3-2-4-8(9)10/h2-7,14-16H,1H3. The van der Waals surface area contributed by atoms with Crippen LogP contribution in [-0.2, 0) is 0 Å². The van der Waals surface area contributed by atoms with Crippen molar-refractivity contribution in [1.29, 1.82) is 0 Å². The van der Waals surface area contributed by atoms with E-state index in [4.69, 9.17) is 0 Å². The van der Waals surface area contributed by atoms with Crippen molar-refractivity contribution in [2.75, 3.05) is 0 Å². The van der Waals surface area contributed by atoms with E-state index in [1.165, 1.54) is 0 Å². The number of hydrogen-bond donors (Lipinski definition) is 3. The Morgan fingerprint density at radius 1 is 0.812 bits per heavy atom. The molecule has 16 heavy (non-hydrogen) atoms. The van der Waals surface area contributed by atoms with Crippen LogP contribution in [0.15, 0.2) is 36.4 Å². The summed E-state index contributed by atoms with van der Waals surface area (Å²) in [7, 11) is -1.49. The molecule has 0 spiro atoms. The van der Waals surface area contributed by atoms with Gasteiger partial charge in [0.05, 0.1) is 0 Å². The fourth-order valence-corrected chi connectivity index (χ4v) is 1.94. The zero-order valence-corrected chi connectivity index (χ0v) is 8.96. The third-order valence-corrected chi connectivity index (χ3v) is 2.72. The second-order valence-electron chi connectivity index (χ2n) is 3.84. The Morgan fingerprint density at radius 3 is 1.81 bits per heavy atom. The molecule has 2 aromatic rings. The minimum atomic E-state index is -1.49. The maximum absolute atomic E-state index is 9.63. The zero-order valence-electron chi connectivity index (χ0n) is 8.96. The Labute approximate surface area is 94.6 Å². The second-order valence-corrected chi connectivity index (χ2v) is 3.84. The first-order chi connectivity index (χ1) is 7.61. The van der Waals surface area contributed by atoms with Gasteiger partial charge in [0.1, 0.15) is 0 Å². The molecule has 2 rings (SSSR count). The molecule has 3 N–H and O–H groups in total. The van der Waals surface area contributed by atoms with Crippen molar-refractivity contribution in [2.45, 2.75) is 6.82 Å². The third-order valence-electron chi connectivity index (χ3n) is 2.72. The Bertz CT molecular complexity index is 465. The van der Waals surface area contributed by atoms with E-state index in [1.807, 2.05) is 24.3 Å². The fourth-order valence-electron chi connectivity index (χ4n) is 1.94. The third kappa shape index (κ3) is 1.85. The Kier molecular flexibility index (Phi) is 3.01. The molecular formula is C11H12B2O3. The first-order valence-corrected chi connectivity index (χ1v) is 5.17. The van der Waals surface area contributed by atoms with Gasteiger partial charge in [0, 0.05) is 0 Å². The minimum absolute atomic E-state index is 0.458. The molecule has 0 aliphatic heterocycles. The summed E-state index contributed by atoms with van der Waals surface area (Å²) >= 11 is 0. The van der Waals surface area contributed by atoms with Gasteiger partial charge in [-0.1, -0.05) is 43.2 Å². The lowest BCUT2D eigenvalue weighted by molar-refractivity contribution is 0.426. The van der Waals surface area contributed by atoms with Crippen LogP contribution in [0.1, 0.15) is 0 Å². The highest BCUT2D eigenvalue weighted by Crippen LogP contribution is 2.10. The monoisotopic (exact) mass is 214 g/mol. The van der Waals surface area contributed by atoms with E-state index >= 15 is 0 Å². The summed E-state index contributed by atoms with van der Waals surface area (Å²) in [4.78, 5) is 0. The highest BCUT2D eigenvalue weighted by atomic mass is 16.4. The smallest absolute Gasteiger partial charge is 0.446 e. The first kappa shape index (κ1) is 11.2. The summed E-state index contributed by atoms with van der Waals surface area (Å²) in [5.41, 5.74) is 1.25. The number of hydrogen-bond acceptors (Lipinski definition) is 3. The van der Waals surface area contributed by atoms with Crippen LogP contribution in [0.25, 0.3) is 10.8 Å². The van der Waals surface area contributed by atoms with Gasteiger partial charge in [0.25, 0.3) is 0 Å². The van der Waals surface area contributed by atoms with E-state index in [0.29, 0.717) is 5.46 Å². The molecule has 0 atom stereocenters. The molecule has 5 heteroatoms. The van der Waals surface area contributed by atoms with Crippen LogP contribution >= 0.6 is 0 Å². The van der Waals surface area contributed by atoms with Crippen LogP contribution in [0.4, 0.5) is 0 Å². The average Bonchev–Trinajstić information content (AvgIpc) is 2.27. The quantitative estimate of drug-likeness (QED) is 0.581. The average molecular weight is 214 g/mol. The highest BCUT2D eigenvalue weighted by molar-refractivity contribution is 6.69. The Hall–Kier alpha value is -1.29. The van der Waals surface area contributed by atoms with E-state index in [1.54, 1.807) is 19.0 Å². The van der Waals surface area contributed by atoms with Crippen LogP contribution < -0.4 is 10.9 Å². The Morgan fingerprint density at radius 2 is 1.31 bits per heavy atom. The number of benzene rings is 2. The molecule has 0 bridgehead atoms. The molecule has 0 aliphatic rings. The van der Waals surface area contributed by atoms with Gasteiger partial charge < -0.3 is 15.1 Å². The van der Waals surface area contributed by atoms with Crippen molar-refractivity contribution in [2.24, 2.45) is 0 Å². The molecule has 0 saturated heterocycles. The number of fused-ring (bicyclic) bond motifs is 1. The van der Waals surface area contributed by atoms with Gasteiger partial charge in [0.2, 0.25) is 0 Å². The number of rotatable bonds is 2. The molecule has 0 aromatic heterocycles. The topological polar surface area (TPSA) is 60.7 Å². The van der Waals surface area contributed by atoms with Crippen molar-refractivity contribution in [3.63, 3.8) is 0 Å². The predicted octanol–water partition coefficient (Wildman–Crippen LogP) is -0.660. The maximum Gasteiger partial charge on any atom is 0.489 e. The first-order valence-electron chi connectivity index (χ1n) is 5.17. The molecule has 80 valence electrons. The SMILES string of the molecule is CB(O)c1ccc(B(O)O)c2ccccc12. The molecule has 0 radical (unpaired) electrons. The molecule has 0 unspecified atom stereocenters. The van der Waals surface area contributed by atoms with Gasteiger partial charge in [0.15, 0.2) is 0 Å². The van der Waals surface area contributed by atoms with E-state index in [0.717, 1.165) is 16.2 Å². The molecule has 0 aliphatic carbocycles. The molecule has 3 nitrogen and oxygen atoms in total. The molecule has 0 amide bonds. The summed E-state index contributed by atoms with van der Waals surface area (Å²) in [6, 6.07) is 10.7. The van der Waals surface area contributed by atoms with Crippen LogP contribution in [0.3, 0.4) is 0 Å². The fraction of sp³-hybridized carbons (Fsp3) is 0.0909. The zero-order chi connectivity index (χ0) is 11.7. The largest absolute Gasteiger partial charge is 0.489 e. The lowest BCUT2D eigenvalue weighted by Gasteiger charge is -2.10. The van der Waals surface area contributed by atoms with Crippen molar-refractivity contribution < 1.29 is 15.1 Å². The molecule has 0 fully saturated rings. The lowest BCUT2D eigenvalue weighted by atomic mass is 9.61. The van der Waals surface area contributed by atoms with E-state index < -0.39 is 14.0 Å². The summed E-state index contributed by atoms with van der Waals surface area (Å²) in [6.45, 7) is 1.12. The maximum atomic E-state index is 9.63. The lowest BCUT2D eigenvalue weighted by Crippen LogP contribution is -2.35.